The Balaban J connectivity index is 1.81. The van der Waals surface area contributed by atoms with Gasteiger partial charge in [0.1, 0.15) is 17.4 Å². The molecule has 1 amide bonds. The molecule has 6 heteroatoms. The standard InChI is InChI=1S/C16H16F2N2O2/c1-9(14-11(17)6-4-7-12(14)18)19-16(21)15-10-5-2-3-8-13(10)22-20-15/h4,6-7,9H,2-3,5,8H2,1H3,(H,19,21). The minimum Gasteiger partial charge on any atom is -0.360 e. The molecule has 0 fully saturated rings. The van der Waals surface area contributed by atoms with Gasteiger partial charge in [0.05, 0.1) is 6.04 Å². The summed E-state index contributed by atoms with van der Waals surface area (Å²) in [7, 11) is 0. The molecule has 1 heterocycles. The van der Waals surface area contributed by atoms with Crippen LogP contribution >= 0.6 is 0 Å². The quantitative estimate of drug-likeness (QED) is 0.946. The second-order valence-corrected chi connectivity index (χ2v) is 5.47. The number of carbonyl (C=O) groups excluding carboxylic acids is 1. The molecule has 1 aliphatic rings. The fraction of sp³-hybridized carbons (Fsp3) is 0.375. The summed E-state index contributed by atoms with van der Waals surface area (Å²) in [6, 6.07) is 2.82. The predicted molar refractivity (Wildman–Crippen MR) is 75.4 cm³/mol. The Morgan fingerprint density at radius 3 is 2.68 bits per heavy atom. The summed E-state index contributed by atoms with van der Waals surface area (Å²) in [5.74, 6) is -1.10. The predicted octanol–water partition coefficient (Wildman–Crippen LogP) is 3.32. The third kappa shape index (κ3) is 2.61. The van der Waals surface area contributed by atoms with Gasteiger partial charge in [-0.3, -0.25) is 4.79 Å². The SMILES string of the molecule is CC(NC(=O)c1noc2c1CCCC2)c1c(F)cccc1F. The number of halogens is 2. The molecule has 0 saturated carbocycles. The molecule has 1 atom stereocenters. The molecule has 0 bridgehead atoms. The Hall–Kier alpha value is -2.24. The van der Waals surface area contributed by atoms with Gasteiger partial charge in [-0.1, -0.05) is 11.2 Å². The Kier molecular flexibility index (Phi) is 3.92. The van der Waals surface area contributed by atoms with E-state index in [9.17, 15) is 13.6 Å². The first-order valence-electron chi connectivity index (χ1n) is 7.30. The first kappa shape index (κ1) is 14.7. The lowest BCUT2D eigenvalue weighted by Crippen LogP contribution is -2.29. The van der Waals surface area contributed by atoms with Crippen LogP contribution < -0.4 is 5.32 Å². The lowest BCUT2D eigenvalue weighted by atomic mass is 9.96. The molecule has 4 nitrogen and oxygen atoms in total. The number of hydrogen-bond acceptors (Lipinski definition) is 3. The molecule has 1 aromatic heterocycles. The van der Waals surface area contributed by atoms with Crippen LogP contribution in [0.25, 0.3) is 0 Å². The van der Waals surface area contributed by atoms with Crippen molar-refractivity contribution in [2.45, 2.75) is 38.6 Å². The van der Waals surface area contributed by atoms with Crippen molar-refractivity contribution in [2.24, 2.45) is 0 Å². The molecule has 1 aliphatic carbocycles. The molecule has 22 heavy (non-hydrogen) atoms. The number of aryl methyl sites for hydroxylation is 1. The van der Waals surface area contributed by atoms with E-state index in [1.165, 1.54) is 25.1 Å². The summed E-state index contributed by atoms with van der Waals surface area (Å²) in [6.45, 7) is 1.53. The van der Waals surface area contributed by atoms with Gasteiger partial charge in [0.2, 0.25) is 0 Å². The topological polar surface area (TPSA) is 55.1 Å². The van der Waals surface area contributed by atoms with Crippen LogP contribution in [0.1, 0.15) is 53.2 Å². The van der Waals surface area contributed by atoms with Crippen molar-refractivity contribution in [3.05, 3.63) is 52.4 Å². The highest BCUT2D eigenvalue weighted by atomic mass is 19.1. The molecule has 116 valence electrons. The zero-order chi connectivity index (χ0) is 15.7. The van der Waals surface area contributed by atoms with E-state index >= 15 is 0 Å². The number of nitrogens with one attached hydrogen (secondary N) is 1. The summed E-state index contributed by atoms with van der Waals surface area (Å²) in [4.78, 5) is 12.3. The van der Waals surface area contributed by atoms with Gasteiger partial charge < -0.3 is 9.84 Å². The van der Waals surface area contributed by atoms with Crippen molar-refractivity contribution < 1.29 is 18.1 Å². The van der Waals surface area contributed by atoms with Gasteiger partial charge in [0.15, 0.2) is 5.69 Å². The molecule has 0 radical (unpaired) electrons. The summed E-state index contributed by atoms with van der Waals surface area (Å²) in [5.41, 5.74) is 0.872. The molecule has 2 aromatic rings. The number of fused-ring (bicyclic) bond motifs is 1. The Bertz CT molecular complexity index is 692. The minimum atomic E-state index is -0.801. The van der Waals surface area contributed by atoms with E-state index < -0.39 is 23.6 Å². The van der Waals surface area contributed by atoms with Crippen LogP contribution in [0.15, 0.2) is 22.7 Å². The Morgan fingerprint density at radius 2 is 1.95 bits per heavy atom. The zero-order valence-corrected chi connectivity index (χ0v) is 12.2. The molecular formula is C16H16F2N2O2. The maximum atomic E-state index is 13.7. The number of amides is 1. The minimum absolute atomic E-state index is 0.159. The fourth-order valence-electron chi connectivity index (χ4n) is 2.82. The van der Waals surface area contributed by atoms with Gasteiger partial charge in [0, 0.05) is 17.5 Å². The van der Waals surface area contributed by atoms with E-state index in [2.05, 4.69) is 10.5 Å². The van der Waals surface area contributed by atoms with E-state index in [1.54, 1.807) is 0 Å². The van der Waals surface area contributed by atoms with E-state index in [0.29, 0.717) is 0 Å². The van der Waals surface area contributed by atoms with E-state index in [4.69, 9.17) is 4.52 Å². The smallest absolute Gasteiger partial charge is 0.274 e. The van der Waals surface area contributed by atoms with Crippen LogP contribution in [-0.2, 0) is 12.8 Å². The molecule has 0 saturated heterocycles. The first-order valence-corrected chi connectivity index (χ1v) is 7.30. The highest BCUT2D eigenvalue weighted by molar-refractivity contribution is 5.94. The zero-order valence-electron chi connectivity index (χ0n) is 12.2. The highest BCUT2D eigenvalue weighted by Gasteiger charge is 2.26. The molecule has 1 N–H and O–H groups in total. The Labute approximate surface area is 126 Å². The van der Waals surface area contributed by atoms with Crippen molar-refractivity contribution in [2.75, 3.05) is 0 Å². The molecule has 1 aromatic carbocycles. The molecule has 3 rings (SSSR count). The second-order valence-electron chi connectivity index (χ2n) is 5.47. The van der Waals surface area contributed by atoms with Crippen molar-refractivity contribution in [3.8, 4) is 0 Å². The van der Waals surface area contributed by atoms with Crippen LogP contribution in [0.5, 0.6) is 0 Å². The summed E-state index contributed by atoms with van der Waals surface area (Å²) in [5, 5.41) is 6.40. The summed E-state index contributed by atoms with van der Waals surface area (Å²) >= 11 is 0. The van der Waals surface area contributed by atoms with Gasteiger partial charge in [-0.05, 0) is 38.3 Å². The lowest BCUT2D eigenvalue weighted by molar-refractivity contribution is 0.0929. The van der Waals surface area contributed by atoms with Crippen LogP contribution in [0.2, 0.25) is 0 Å². The van der Waals surface area contributed by atoms with Gasteiger partial charge in [-0.15, -0.1) is 0 Å². The number of aromatic nitrogens is 1. The average Bonchev–Trinajstić information content (AvgIpc) is 2.91. The van der Waals surface area contributed by atoms with Crippen LogP contribution in [0, 0.1) is 11.6 Å². The average molecular weight is 306 g/mol. The molecular weight excluding hydrogens is 290 g/mol. The lowest BCUT2D eigenvalue weighted by Gasteiger charge is -2.16. The summed E-state index contributed by atoms with van der Waals surface area (Å²) in [6.07, 6.45) is 3.50. The maximum Gasteiger partial charge on any atom is 0.274 e. The maximum absolute atomic E-state index is 13.7. The van der Waals surface area contributed by atoms with Crippen molar-refractivity contribution >= 4 is 5.91 Å². The van der Waals surface area contributed by atoms with Crippen LogP contribution in [0.3, 0.4) is 0 Å². The van der Waals surface area contributed by atoms with E-state index in [-0.39, 0.29) is 11.3 Å². The highest BCUT2D eigenvalue weighted by Crippen LogP contribution is 2.25. The Morgan fingerprint density at radius 1 is 1.27 bits per heavy atom. The van der Waals surface area contributed by atoms with Gasteiger partial charge >= 0.3 is 0 Å². The van der Waals surface area contributed by atoms with Gasteiger partial charge in [-0.2, -0.15) is 0 Å². The molecule has 0 aliphatic heterocycles. The van der Waals surface area contributed by atoms with Gasteiger partial charge in [0.25, 0.3) is 5.91 Å². The molecule has 1 unspecified atom stereocenters. The third-order valence-corrected chi connectivity index (χ3v) is 3.95. The second kappa shape index (κ2) is 5.87. The van der Waals surface area contributed by atoms with Crippen molar-refractivity contribution in [1.29, 1.82) is 0 Å². The van der Waals surface area contributed by atoms with Crippen molar-refractivity contribution in [3.63, 3.8) is 0 Å². The van der Waals surface area contributed by atoms with E-state index in [0.717, 1.165) is 37.0 Å². The number of hydrogen-bond donors (Lipinski definition) is 1. The number of carbonyl (C=O) groups is 1. The fourth-order valence-corrected chi connectivity index (χ4v) is 2.82. The van der Waals surface area contributed by atoms with Gasteiger partial charge in [-0.25, -0.2) is 8.78 Å². The largest absolute Gasteiger partial charge is 0.360 e. The van der Waals surface area contributed by atoms with Crippen LogP contribution in [-0.4, -0.2) is 11.1 Å². The first-order chi connectivity index (χ1) is 10.6. The monoisotopic (exact) mass is 306 g/mol. The number of nitrogens with zero attached hydrogens (tertiary/aromatic N) is 1. The van der Waals surface area contributed by atoms with Crippen molar-refractivity contribution in [1.82, 2.24) is 10.5 Å². The summed E-state index contributed by atoms with van der Waals surface area (Å²) < 4.78 is 32.7. The van der Waals surface area contributed by atoms with E-state index in [1.807, 2.05) is 0 Å². The molecule has 0 spiro atoms. The van der Waals surface area contributed by atoms with Crippen LogP contribution in [0.4, 0.5) is 8.78 Å². The number of benzene rings is 1. The third-order valence-electron chi connectivity index (χ3n) is 3.95. The number of rotatable bonds is 3. The normalized spacial score (nSPS) is 15.2.